The van der Waals surface area contributed by atoms with Gasteiger partial charge in [-0.25, -0.2) is 18.2 Å². The van der Waals surface area contributed by atoms with Crippen molar-refractivity contribution in [1.29, 1.82) is 5.26 Å². The Morgan fingerprint density at radius 2 is 1.87 bits per heavy atom. The van der Waals surface area contributed by atoms with Crippen LogP contribution in [0.4, 0.5) is 4.79 Å². The van der Waals surface area contributed by atoms with E-state index in [0.717, 1.165) is 41.1 Å². The quantitative estimate of drug-likeness (QED) is 0.178. The molecule has 2 aliphatic rings. The third kappa shape index (κ3) is 9.86. The molecule has 10 nitrogen and oxygen atoms in total. The highest BCUT2D eigenvalue weighted by Gasteiger charge is 2.29. The fourth-order valence-electron chi connectivity index (χ4n) is 5.53. The molecule has 0 saturated carbocycles. The second-order valence-electron chi connectivity index (χ2n) is 14.2. The minimum atomic E-state index is -3.13. The predicted octanol–water partition coefficient (Wildman–Crippen LogP) is 5.81. The largest absolute Gasteiger partial charge is 0.444 e. The van der Waals surface area contributed by atoms with Crippen LogP contribution in [0.2, 0.25) is 25.7 Å². The number of rotatable bonds is 10. The summed E-state index contributed by atoms with van der Waals surface area (Å²) in [6.45, 7) is 14.2. The number of sulfone groups is 1. The topological polar surface area (TPSA) is 132 Å². The average molecular weight is 655 g/mol. The van der Waals surface area contributed by atoms with Gasteiger partial charge in [0.25, 0.3) is 0 Å². The molecular weight excluding hydrogens is 609 g/mol. The van der Waals surface area contributed by atoms with Gasteiger partial charge >= 0.3 is 6.09 Å². The number of nitriles is 1. The second kappa shape index (κ2) is 14.0. The van der Waals surface area contributed by atoms with Gasteiger partial charge in [-0.2, -0.15) is 5.26 Å². The lowest BCUT2D eigenvalue weighted by Gasteiger charge is -2.34. The third-order valence-corrected chi connectivity index (χ3v) is 11.3. The summed E-state index contributed by atoms with van der Waals surface area (Å²) in [6.07, 6.45) is 4.98. The van der Waals surface area contributed by atoms with Crippen molar-refractivity contribution in [2.75, 3.05) is 31.2 Å². The van der Waals surface area contributed by atoms with Crippen molar-refractivity contribution in [3.8, 4) is 6.07 Å². The minimum absolute atomic E-state index is 0.0288. The van der Waals surface area contributed by atoms with Gasteiger partial charge in [-0.1, -0.05) is 43.9 Å². The van der Waals surface area contributed by atoms with E-state index in [9.17, 15) is 23.3 Å². The number of imidazole rings is 1. The molecule has 4 rings (SSSR count). The molecule has 1 amide bonds. The van der Waals surface area contributed by atoms with Crippen LogP contribution >= 0.6 is 0 Å². The van der Waals surface area contributed by atoms with Crippen molar-refractivity contribution < 1.29 is 27.5 Å². The summed E-state index contributed by atoms with van der Waals surface area (Å²) in [4.78, 5) is 32.3. The van der Waals surface area contributed by atoms with Gasteiger partial charge in [-0.3, -0.25) is 4.79 Å². The molecule has 0 N–H and O–H groups in total. The van der Waals surface area contributed by atoms with Crippen LogP contribution in [0.15, 0.2) is 30.5 Å². The molecule has 244 valence electrons. The van der Waals surface area contributed by atoms with Gasteiger partial charge in [0.2, 0.25) is 5.78 Å². The molecule has 45 heavy (non-hydrogen) atoms. The smallest absolute Gasteiger partial charge is 0.410 e. The number of ketones is 1. The van der Waals surface area contributed by atoms with Gasteiger partial charge in [0.05, 0.1) is 11.5 Å². The lowest BCUT2D eigenvalue weighted by atomic mass is 9.85. The first-order valence-electron chi connectivity index (χ1n) is 15.6. The molecule has 12 heteroatoms. The third-order valence-electron chi connectivity index (χ3n) is 8.08. The minimum Gasteiger partial charge on any atom is -0.444 e. The van der Waals surface area contributed by atoms with E-state index in [1.165, 1.54) is 0 Å². The van der Waals surface area contributed by atoms with Crippen LogP contribution in [0.5, 0.6) is 0 Å². The number of hydrogen-bond donors (Lipinski definition) is 0. The van der Waals surface area contributed by atoms with Crippen LogP contribution < -0.4 is 0 Å². The average Bonchev–Trinajstić information content (AvgIpc) is 3.38. The number of piperidine rings is 1. The van der Waals surface area contributed by atoms with E-state index in [1.807, 2.05) is 39.0 Å². The Kier molecular flexibility index (Phi) is 10.8. The number of aromatic nitrogens is 2. The molecule has 0 atom stereocenters. The number of allylic oxidation sites excluding steroid dienone is 1. The number of carbonyl (C=O) groups excluding carboxylic acids is 2. The van der Waals surface area contributed by atoms with Crippen LogP contribution in [0.25, 0.3) is 5.57 Å². The van der Waals surface area contributed by atoms with Crippen molar-refractivity contribution in [2.24, 2.45) is 0 Å². The van der Waals surface area contributed by atoms with Crippen LogP contribution in [0.3, 0.4) is 0 Å². The molecule has 0 aliphatic carbocycles. The Bertz CT molecular complexity index is 1590. The highest BCUT2D eigenvalue weighted by atomic mass is 32.2. The molecular formula is C33H46N4O6SSi. The molecule has 2 aromatic rings. The van der Waals surface area contributed by atoms with Gasteiger partial charge in [-0.05, 0) is 74.3 Å². The van der Waals surface area contributed by atoms with Crippen LogP contribution in [-0.4, -0.2) is 79.6 Å². The summed E-state index contributed by atoms with van der Waals surface area (Å²) in [7, 11) is -4.42. The number of benzene rings is 1. The maximum Gasteiger partial charge on any atom is 0.410 e. The Balaban J connectivity index is 1.55. The summed E-state index contributed by atoms with van der Waals surface area (Å²) in [5.41, 5.74) is 3.27. The summed E-state index contributed by atoms with van der Waals surface area (Å²) in [5.74, 6) is 0.178. The zero-order valence-corrected chi connectivity index (χ0v) is 29.2. The first-order chi connectivity index (χ1) is 21.0. The van der Waals surface area contributed by atoms with Crippen molar-refractivity contribution in [3.05, 3.63) is 58.7 Å². The number of nitrogens with zero attached hydrogens (tertiary/aromatic N) is 4. The summed E-state index contributed by atoms with van der Waals surface area (Å²) in [5, 5.41) is 9.47. The summed E-state index contributed by atoms with van der Waals surface area (Å²) < 4.78 is 37.4. The first kappa shape index (κ1) is 34.6. The van der Waals surface area contributed by atoms with E-state index in [4.69, 9.17) is 9.47 Å². The molecule has 1 aromatic heterocycles. The zero-order valence-electron chi connectivity index (χ0n) is 27.4. The second-order valence-corrected chi connectivity index (χ2v) is 22.1. The molecule has 0 bridgehead atoms. The molecule has 3 heterocycles. The Morgan fingerprint density at radius 1 is 1.16 bits per heavy atom. The van der Waals surface area contributed by atoms with E-state index in [2.05, 4.69) is 30.7 Å². The number of ether oxygens (including phenoxy) is 2. The van der Waals surface area contributed by atoms with Crippen LogP contribution in [0, 0.1) is 11.3 Å². The van der Waals surface area contributed by atoms with Gasteiger partial charge in [0, 0.05) is 40.4 Å². The lowest BCUT2D eigenvalue weighted by molar-refractivity contribution is 0.0204. The highest BCUT2D eigenvalue weighted by Crippen LogP contribution is 2.34. The van der Waals surface area contributed by atoms with E-state index < -0.39 is 23.5 Å². The Labute approximate surface area is 268 Å². The zero-order chi connectivity index (χ0) is 33.0. The normalized spacial score (nSPS) is 17.4. The molecule has 0 unspecified atom stereocenters. The van der Waals surface area contributed by atoms with Gasteiger partial charge in [0.1, 0.15) is 18.4 Å². The van der Waals surface area contributed by atoms with Crippen molar-refractivity contribution in [2.45, 2.75) is 90.4 Å². The Morgan fingerprint density at radius 3 is 2.47 bits per heavy atom. The fraction of sp³-hybridized carbons (Fsp3) is 0.576. The highest BCUT2D eigenvalue weighted by molar-refractivity contribution is 7.91. The van der Waals surface area contributed by atoms with Crippen molar-refractivity contribution >= 4 is 35.4 Å². The molecule has 2 aliphatic heterocycles. The van der Waals surface area contributed by atoms with Crippen LogP contribution in [0.1, 0.15) is 79.0 Å². The standard InChI is InChI=1S/C33H46N4O6SSi/c1-33(2,3)43-32(39)36-13-9-24(10-14-36)26-7-8-27(29(19-26)25-11-16-44(40,41)17-12-25)20-30(38)31-35-28(21-34)22-37(31)23-42-15-18-45(4,5)6/h7-8,11,19,22,24H,9-10,12-18,20,23H2,1-6H3. The SMILES string of the molecule is CC(C)(C)OC(=O)N1CCC(c2ccc(CC(=O)c3nc(C#N)cn3COCC[Si](C)(C)C)c(C3=CCS(=O)(=O)CC3)c2)CC1. The molecule has 1 fully saturated rings. The molecule has 1 aromatic carbocycles. The van der Waals surface area contributed by atoms with Gasteiger partial charge in [0.15, 0.2) is 21.4 Å². The number of Topliss-reactive ketones (excluding diaryl/α,β-unsaturated/α-hetero) is 1. The maximum atomic E-state index is 13.7. The lowest BCUT2D eigenvalue weighted by Crippen LogP contribution is -2.41. The van der Waals surface area contributed by atoms with Crippen molar-refractivity contribution in [3.63, 3.8) is 0 Å². The van der Waals surface area contributed by atoms with Crippen LogP contribution in [-0.2, 0) is 32.5 Å². The monoisotopic (exact) mass is 654 g/mol. The number of amides is 1. The number of carbonyl (C=O) groups is 2. The summed E-state index contributed by atoms with van der Waals surface area (Å²) >= 11 is 0. The first-order valence-corrected chi connectivity index (χ1v) is 21.2. The number of likely N-dealkylation sites (tertiary alicyclic amines) is 1. The van der Waals surface area contributed by atoms with E-state index >= 15 is 0 Å². The van der Waals surface area contributed by atoms with Gasteiger partial charge in [-0.15, -0.1) is 0 Å². The van der Waals surface area contributed by atoms with E-state index in [1.54, 1.807) is 21.7 Å². The predicted molar refractivity (Wildman–Crippen MR) is 177 cm³/mol. The molecule has 0 radical (unpaired) electrons. The van der Waals surface area contributed by atoms with Gasteiger partial charge < -0.3 is 18.9 Å². The van der Waals surface area contributed by atoms with E-state index in [-0.39, 0.29) is 54.0 Å². The fourth-order valence-corrected chi connectivity index (χ4v) is 7.44. The maximum absolute atomic E-state index is 13.7. The molecule has 0 spiro atoms. The van der Waals surface area contributed by atoms with E-state index in [0.29, 0.717) is 26.1 Å². The Hall–Kier alpha value is -3.27. The van der Waals surface area contributed by atoms with Crippen molar-refractivity contribution in [1.82, 2.24) is 14.5 Å². The summed E-state index contributed by atoms with van der Waals surface area (Å²) in [6, 6.07) is 9.09. The number of hydrogen-bond acceptors (Lipinski definition) is 8. The molecule has 1 saturated heterocycles.